The van der Waals surface area contributed by atoms with Crippen LogP contribution in [-0.2, 0) is 0 Å². The van der Waals surface area contributed by atoms with Crippen molar-refractivity contribution >= 4 is 29.3 Å². The molecule has 0 aliphatic heterocycles. The molecular formula is C14H11ClO3S. The zero-order chi connectivity index (χ0) is 13.8. The minimum Gasteiger partial charge on any atom is -0.496 e. The molecule has 0 saturated heterocycles. The summed E-state index contributed by atoms with van der Waals surface area (Å²) in [4.78, 5) is 12.9. The van der Waals surface area contributed by atoms with Gasteiger partial charge in [-0.2, -0.15) is 0 Å². The predicted octanol–water partition coefficient (Wildman–Crippen LogP) is 4.20. The van der Waals surface area contributed by atoms with Crippen LogP contribution < -0.4 is 4.74 Å². The highest BCUT2D eigenvalue weighted by Gasteiger charge is 2.12. The maximum atomic E-state index is 11.1. The fraction of sp³-hybridized carbons (Fsp3) is 0.0714. The molecule has 2 aromatic rings. The van der Waals surface area contributed by atoms with Gasteiger partial charge in [0.05, 0.1) is 7.11 Å². The second kappa shape index (κ2) is 5.99. The smallest absolute Gasteiger partial charge is 0.339 e. The number of methoxy groups -OCH3 is 1. The molecule has 0 fully saturated rings. The van der Waals surface area contributed by atoms with E-state index in [1.165, 1.54) is 18.9 Å². The molecule has 0 unspecified atom stereocenters. The third-order valence-electron chi connectivity index (χ3n) is 2.45. The second-order valence-corrected chi connectivity index (χ2v) is 5.31. The van der Waals surface area contributed by atoms with Crippen LogP contribution in [0.4, 0.5) is 0 Å². The number of aromatic carboxylic acids is 1. The molecule has 0 spiro atoms. The summed E-state index contributed by atoms with van der Waals surface area (Å²) in [6.45, 7) is 0. The van der Waals surface area contributed by atoms with Crippen LogP contribution in [-0.4, -0.2) is 18.2 Å². The molecular weight excluding hydrogens is 284 g/mol. The summed E-state index contributed by atoms with van der Waals surface area (Å²) >= 11 is 7.29. The zero-order valence-electron chi connectivity index (χ0n) is 10.1. The number of rotatable bonds is 4. The number of hydrogen-bond donors (Lipinski definition) is 1. The van der Waals surface area contributed by atoms with E-state index in [-0.39, 0.29) is 5.56 Å². The molecule has 5 heteroatoms. The quantitative estimate of drug-likeness (QED) is 0.918. The number of carboxylic acid groups (broad SMARTS) is 1. The lowest BCUT2D eigenvalue weighted by Gasteiger charge is -2.07. The van der Waals surface area contributed by atoms with Crippen molar-refractivity contribution in [3.8, 4) is 5.75 Å². The lowest BCUT2D eigenvalue weighted by atomic mass is 10.2. The van der Waals surface area contributed by atoms with Crippen molar-refractivity contribution in [1.29, 1.82) is 0 Å². The van der Waals surface area contributed by atoms with Crippen molar-refractivity contribution < 1.29 is 14.6 Å². The van der Waals surface area contributed by atoms with Crippen LogP contribution in [0, 0.1) is 0 Å². The Bertz CT molecular complexity index is 596. The Hall–Kier alpha value is -1.65. The Morgan fingerprint density at radius 3 is 2.37 bits per heavy atom. The molecule has 0 aliphatic rings. The molecule has 19 heavy (non-hydrogen) atoms. The summed E-state index contributed by atoms with van der Waals surface area (Å²) in [5.41, 5.74) is 0.154. The number of carbonyl (C=O) groups is 1. The van der Waals surface area contributed by atoms with Crippen LogP contribution >= 0.6 is 23.4 Å². The molecule has 0 radical (unpaired) electrons. The monoisotopic (exact) mass is 294 g/mol. The van der Waals surface area contributed by atoms with Gasteiger partial charge in [-0.25, -0.2) is 4.79 Å². The van der Waals surface area contributed by atoms with Gasteiger partial charge in [0.2, 0.25) is 0 Å². The summed E-state index contributed by atoms with van der Waals surface area (Å²) in [5, 5.41) is 9.79. The van der Waals surface area contributed by atoms with Crippen molar-refractivity contribution in [2.45, 2.75) is 9.79 Å². The molecule has 0 aromatic heterocycles. The van der Waals surface area contributed by atoms with Crippen LogP contribution in [0.25, 0.3) is 0 Å². The predicted molar refractivity (Wildman–Crippen MR) is 75.5 cm³/mol. The number of ether oxygens (including phenoxy) is 1. The molecule has 0 heterocycles. The van der Waals surface area contributed by atoms with Gasteiger partial charge in [0.1, 0.15) is 11.3 Å². The van der Waals surface area contributed by atoms with Gasteiger partial charge in [0.15, 0.2) is 0 Å². The van der Waals surface area contributed by atoms with Crippen LogP contribution in [0.1, 0.15) is 10.4 Å². The molecule has 3 nitrogen and oxygen atoms in total. The van der Waals surface area contributed by atoms with Gasteiger partial charge in [-0.3, -0.25) is 0 Å². The fourth-order valence-electron chi connectivity index (χ4n) is 1.56. The van der Waals surface area contributed by atoms with Gasteiger partial charge in [-0.1, -0.05) is 23.4 Å². The Balaban J connectivity index is 2.28. The lowest BCUT2D eigenvalue weighted by Crippen LogP contribution is -2.00. The van der Waals surface area contributed by atoms with Gasteiger partial charge in [0, 0.05) is 14.8 Å². The number of benzene rings is 2. The zero-order valence-corrected chi connectivity index (χ0v) is 11.7. The van der Waals surface area contributed by atoms with Crippen LogP contribution in [0.2, 0.25) is 5.02 Å². The van der Waals surface area contributed by atoms with Gasteiger partial charge >= 0.3 is 5.97 Å². The first-order valence-electron chi connectivity index (χ1n) is 5.45. The fourth-order valence-corrected chi connectivity index (χ4v) is 2.54. The summed E-state index contributed by atoms with van der Waals surface area (Å²) in [7, 11) is 1.45. The van der Waals surface area contributed by atoms with Gasteiger partial charge in [-0.15, -0.1) is 0 Å². The topological polar surface area (TPSA) is 46.5 Å². The van der Waals surface area contributed by atoms with E-state index in [0.29, 0.717) is 10.8 Å². The standard InChI is InChI=1S/C14H11ClO3S/c1-18-13-7-6-11(8-12(13)14(16)17)19-10-4-2-9(15)3-5-10/h2-8H,1H3,(H,16,17). The van der Waals surface area contributed by atoms with Gasteiger partial charge in [0.25, 0.3) is 0 Å². The number of hydrogen-bond acceptors (Lipinski definition) is 3. The average molecular weight is 295 g/mol. The normalized spacial score (nSPS) is 10.2. The van der Waals surface area contributed by atoms with Crippen molar-refractivity contribution in [1.82, 2.24) is 0 Å². The van der Waals surface area contributed by atoms with E-state index in [4.69, 9.17) is 21.4 Å². The Morgan fingerprint density at radius 1 is 1.16 bits per heavy atom. The first-order valence-corrected chi connectivity index (χ1v) is 6.64. The molecule has 0 atom stereocenters. The highest BCUT2D eigenvalue weighted by Crippen LogP contribution is 2.31. The third-order valence-corrected chi connectivity index (χ3v) is 3.70. The van der Waals surface area contributed by atoms with Crippen molar-refractivity contribution in [2.75, 3.05) is 7.11 Å². The van der Waals surface area contributed by atoms with Crippen LogP contribution in [0.5, 0.6) is 5.75 Å². The van der Waals surface area contributed by atoms with E-state index in [2.05, 4.69) is 0 Å². The highest BCUT2D eigenvalue weighted by atomic mass is 35.5. The molecule has 0 amide bonds. The minimum atomic E-state index is -1.00. The largest absolute Gasteiger partial charge is 0.496 e. The summed E-state index contributed by atoms with van der Waals surface area (Å²) in [6.07, 6.45) is 0. The average Bonchev–Trinajstić information content (AvgIpc) is 2.41. The molecule has 1 N–H and O–H groups in total. The Labute approximate surface area is 120 Å². The van der Waals surface area contributed by atoms with E-state index in [0.717, 1.165) is 9.79 Å². The van der Waals surface area contributed by atoms with Crippen molar-refractivity contribution in [3.05, 3.63) is 53.1 Å². The minimum absolute atomic E-state index is 0.154. The van der Waals surface area contributed by atoms with E-state index >= 15 is 0 Å². The SMILES string of the molecule is COc1ccc(Sc2ccc(Cl)cc2)cc1C(=O)O. The summed E-state index contributed by atoms with van der Waals surface area (Å²) in [6, 6.07) is 12.4. The van der Waals surface area contributed by atoms with Crippen molar-refractivity contribution in [2.24, 2.45) is 0 Å². The van der Waals surface area contributed by atoms with E-state index in [9.17, 15) is 4.79 Å². The molecule has 0 aliphatic carbocycles. The molecule has 0 bridgehead atoms. The maximum Gasteiger partial charge on any atom is 0.339 e. The van der Waals surface area contributed by atoms with E-state index < -0.39 is 5.97 Å². The number of carboxylic acids is 1. The molecule has 2 rings (SSSR count). The van der Waals surface area contributed by atoms with Crippen LogP contribution in [0.3, 0.4) is 0 Å². The Kier molecular flexibility index (Phi) is 4.35. The van der Waals surface area contributed by atoms with Crippen molar-refractivity contribution in [3.63, 3.8) is 0 Å². The van der Waals surface area contributed by atoms with E-state index in [1.807, 2.05) is 18.2 Å². The third kappa shape index (κ3) is 3.43. The summed E-state index contributed by atoms with van der Waals surface area (Å²) < 4.78 is 5.02. The molecule has 2 aromatic carbocycles. The highest BCUT2D eigenvalue weighted by molar-refractivity contribution is 7.99. The Morgan fingerprint density at radius 2 is 1.79 bits per heavy atom. The number of halogens is 1. The maximum absolute atomic E-state index is 11.1. The summed E-state index contributed by atoms with van der Waals surface area (Å²) in [5.74, 6) is -0.650. The first-order chi connectivity index (χ1) is 9.10. The second-order valence-electron chi connectivity index (χ2n) is 3.72. The molecule has 98 valence electrons. The van der Waals surface area contributed by atoms with Gasteiger partial charge in [-0.05, 0) is 42.5 Å². The first kappa shape index (κ1) is 13.8. The van der Waals surface area contributed by atoms with E-state index in [1.54, 1.807) is 24.3 Å². The lowest BCUT2D eigenvalue weighted by molar-refractivity contribution is 0.0693. The van der Waals surface area contributed by atoms with Gasteiger partial charge < -0.3 is 9.84 Å². The molecule has 0 saturated carbocycles. The van der Waals surface area contributed by atoms with Crippen LogP contribution in [0.15, 0.2) is 52.3 Å².